The van der Waals surface area contributed by atoms with Gasteiger partial charge in [0.25, 0.3) is 0 Å². The third kappa shape index (κ3) is 3.84. The normalized spacial score (nSPS) is 19.6. The summed E-state index contributed by atoms with van der Waals surface area (Å²) in [6.45, 7) is 12.9. The Labute approximate surface area is 122 Å². The van der Waals surface area contributed by atoms with Crippen molar-refractivity contribution in [3.8, 4) is 0 Å². The molecule has 0 amide bonds. The van der Waals surface area contributed by atoms with Gasteiger partial charge in [0, 0.05) is 45.7 Å². The molecule has 1 aromatic rings. The van der Waals surface area contributed by atoms with Gasteiger partial charge in [0.2, 0.25) is 0 Å². The summed E-state index contributed by atoms with van der Waals surface area (Å²) in [5.41, 5.74) is 5.99. The zero-order chi connectivity index (χ0) is 14.5. The minimum atomic E-state index is 0.233. The topological polar surface area (TPSA) is 45.6 Å². The van der Waals surface area contributed by atoms with Crippen molar-refractivity contribution in [2.75, 3.05) is 39.3 Å². The average Bonchev–Trinajstić information content (AvgIpc) is 2.90. The van der Waals surface area contributed by atoms with E-state index in [2.05, 4.69) is 42.7 Å². The van der Waals surface area contributed by atoms with Crippen LogP contribution in [-0.2, 0) is 6.42 Å². The molecule has 1 fully saturated rings. The molecule has 1 atom stereocenters. The van der Waals surface area contributed by atoms with Crippen LogP contribution in [0.2, 0.25) is 0 Å². The molecule has 2 heterocycles. The van der Waals surface area contributed by atoms with Crippen molar-refractivity contribution in [2.45, 2.75) is 33.2 Å². The smallest absolute Gasteiger partial charge is 0.122 e. The lowest BCUT2D eigenvalue weighted by Crippen LogP contribution is -2.49. The molecule has 1 aliphatic heterocycles. The maximum atomic E-state index is 5.99. The van der Waals surface area contributed by atoms with Crippen molar-refractivity contribution in [2.24, 2.45) is 11.7 Å². The number of nitrogens with zero attached hydrogens (tertiary/aromatic N) is 2. The molecule has 1 unspecified atom stereocenters. The van der Waals surface area contributed by atoms with Crippen molar-refractivity contribution in [3.05, 3.63) is 23.7 Å². The van der Waals surface area contributed by atoms with Crippen LogP contribution in [0.15, 0.2) is 16.5 Å². The van der Waals surface area contributed by atoms with E-state index in [9.17, 15) is 0 Å². The summed E-state index contributed by atoms with van der Waals surface area (Å²) in [6.07, 6.45) is 0.944. The fraction of sp³-hybridized carbons (Fsp3) is 0.750. The monoisotopic (exact) mass is 279 g/mol. The van der Waals surface area contributed by atoms with Crippen LogP contribution in [-0.4, -0.2) is 49.1 Å². The summed E-state index contributed by atoms with van der Waals surface area (Å²) in [6, 6.07) is 4.40. The molecule has 2 rings (SSSR count). The van der Waals surface area contributed by atoms with Crippen LogP contribution in [0.3, 0.4) is 0 Å². The van der Waals surface area contributed by atoms with Crippen LogP contribution in [0, 0.1) is 5.92 Å². The lowest BCUT2D eigenvalue weighted by atomic mass is 10.1. The lowest BCUT2D eigenvalue weighted by molar-refractivity contribution is 0.0826. The van der Waals surface area contributed by atoms with Gasteiger partial charge in [-0.1, -0.05) is 20.8 Å². The van der Waals surface area contributed by atoms with E-state index >= 15 is 0 Å². The SMILES string of the molecule is CCc1ccc(C(CN)N2CCN(CC(C)C)CC2)o1. The second-order valence-corrected chi connectivity index (χ2v) is 6.14. The Morgan fingerprint density at radius 2 is 1.90 bits per heavy atom. The standard InChI is InChI=1S/C16H29N3O/c1-4-14-5-6-16(20-14)15(11-17)19-9-7-18(8-10-19)12-13(2)3/h5-6,13,15H,4,7-12,17H2,1-3H3. The van der Waals surface area contributed by atoms with Gasteiger partial charge in [0.05, 0.1) is 6.04 Å². The van der Waals surface area contributed by atoms with Crippen molar-refractivity contribution in [3.63, 3.8) is 0 Å². The zero-order valence-corrected chi connectivity index (χ0v) is 13.1. The molecule has 1 aliphatic rings. The first-order valence-electron chi connectivity index (χ1n) is 7.89. The number of hydrogen-bond acceptors (Lipinski definition) is 4. The number of rotatable bonds is 6. The summed E-state index contributed by atoms with van der Waals surface area (Å²) >= 11 is 0. The highest BCUT2D eigenvalue weighted by Gasteiger charge is 2.26. The van der Waals surface area contributed by atoms with Crippen molar-refractivity contribution < 1.29 is 4.42 Å². The Morgan fingerprint density at radius 1 is 1.20 bits per heavy atom. The van der Waals surface area contributed by atoms with Gasteiger partial charge in [-0.3, -0.25) is 4.90 Å². The molecule has 4 heteroatoms. The van der Waals surface area contributed by atoms with Crippen LogP contribution in [0.5, 0.6) is 0 Å². The summed E-state index contributed by atoms with van der Waals surface area (Å²) in [7, 11) is 0. The first-order chi connectivity index (χ1) is 9.63. The van der Waals surface area contributed by atoms with Gasteiger partial charge in [-0.25, -0.2) is 0 Å². The largest absolute Gasteiger partial charge is 0.464 e. The number of aryl methyl sites for hydroxylation is 1. The number of nitrogens with two attached hydrogens (primary N) is 1. The van der Waals surface area contributed by atoms with Gasteiger partial charge in [0.15, 0.2) is 0 Å². The van der Waals surface area contributed by atoms with Crippen LogP contribution in [0.4, 0.5) is 0 Å². The first kappa shape index (κ1) is 15.5. The van der Waals surface area contributed by atoms with Gasteiger partial charge in [-0.05, 0) is 18.1 Å². The Bertz CT molecular complexity index is 394. The fourth-order valence-corrected chi connectivity index (χ4v) is 2.98. The average molecular weight is 279 g/mol. The van der Waals surface area contributed by atoms with Gasteiger partial charge >= 0.3 is 0 Å². The molecular formula is C16H29N3O. The Morgan fingerprint density at radius 3 is 2.40 bits per heavy atom. The van der Waals surface area contributed by atoms with E-state index in [-0.39, 0.29) is 6.04 Å². The first-order valence-corrected chi connectivity index (χ1v) is 7.89. The highest BCUT2D eigenvalue weighted by Crippen LogP contribution is 2.23. The fourth-order valence-electron chi connectivity index (χ4n) is 2.98. The second kappa shape index (κ2) is 7.25. The molecule has 0 saturated carbocycles. The van der Waals surface area contributed by atoms with Crippen molar-refractivity contribution in [1.29, 1.82) is 0 Å². The van der Waals surface area contributed by atoms with Crippen LogP contribution in [0.25, 0.3) is 0 Å². The van der Waals surface area contributed by atoms with E-state index in [0.29, 0.717) is 6.54 Å². The summed E-state index contributed by atoms with van der Waals surface area (Å²) in [5, 5.41) is 0. The van der Waals surface area contributed by atoms with Crippen molar-refractivity contribution >= 4 is 0 Å². The van der Waals surface area contributed by atoms with E-state index < -0.39 is 0 Å². The molecule has 0 aromatic carbocycles. The van der Waals surface area contributed by atoms with E-state index in [1.54, 1.807) is 0 Å². The third-order valence-electron chi connectivity index (χ3n) is 4.05. The van der Waals surface area contributed by atoms with Gasteiger partial charge in [-0.15, -0.1) is 0 Å². The predicted molar refractivity (Wildman–Crippen MR) is 82.7 cm³/mol. The second-order valence-electron chi connectivity index (χ2n) is 6.14. The number of furan rings is 1. The maximum Gasteiger partial charge on any atom is 0.122 e. The maximum absolute atomic E-state index is 5.99. The number of piperazine rings is 1. The van der Waals surface area contributed by atoms with Crippen LogP contribution in [0.1, 0.15) is 38.3 Å². The molecule has 1 saturated heterocycles. The Balaban J connectivity index is 1.93. The molecule has 4 nitrogen and oxygen atoms in total. The van der Waals surface area contributed by atoms with Gasteiger partial charge in [0.1, 0.15) is 11.5 Å². The Hall–Kier alpha value is -0.840. The molecule has 0 radical (unpaired) electrons. The molecular weight excluding hydrogens is 250 g/mol. The van der Waals surface area contributed by atoms with E-state index in [0.717, 1.165) is 50.0 Å². The third-order valence-corrected chi connectivity index (χ3v) is 4.05. The summed E-state index contributed by atoms with van der Waals surface area (Å²) in [5.74, 6) is 2.82. The number of hydrogen-bond donors (Lipinski definition) is 1. The van der Waals surface area contributed by atoms with Crippen LogP contribution >= 0.6 is 0 Å². The lowest BCUT2D eigenvalue weighted by Gasteiger charge is -2.38. The molecule has 114 valence electrons. The predicted octanol–water partition coefficient (Wildman–Crippen LogP) is 2.12. The molecule has 20 heavy (non-hydrogen) atoms. The molecule has 0 aliphatic carbocycles. The minimum Gasteiger partial charge on any atom is -0.464 e. The molecule has 1 aromatic heterocycles. The molecule has 0 bridgehead atoms. The Kier molecular flexibility index (Phi) is 5.64. The van der Waals surface area contributed by atoms with E-state index in [1.165, 1.54) is 6.54 Å². The van der Waals surface area contributed by atoms with Crippen LogP contribution < -0.4 is 5.73 Å². The molecule has 0 spiro atoms. The zero-order valence-electron chi connectivity index (χ0n) is 13.1. The summed E-state index contributed by atoms with van der Waals surface area (Å²) < 4.78 is 5.90. The van der Waals surface area contributed by atoms with Crippen molar-refractivity contribution in [1.82, 2.24) is 9.80 Å². The highest BCUT2D eigenvalue weighted by molar-refractivity contribution is 5.11. The highest BCUT2D eigenvalue weighted by atomic mass is 16.3. The summed E-state index contributed by atoms with van der Waals surface area (Å²) in [4.78, 5) is 5.02. The van der Waals surface area contributed by atoms with Gasteiger partial charge in [-0.2, -0.15) is 0 Å². The minimum absolute atomic E-state index is 0.233. The van der Waals surface area contributed by atoms with Gasteiger partial charge < -0.3 is 15.1 Å². The van der Waals surface area contributed by atoms with E-state index in [1.807, 2.05) is 0 Å². The van der Waals surface area contributed by atoms with E-state index in [4.69, 9.17) is 10.2 Å². The quantitative estimate of drug-likeness (QED) is 0.866. The molecule has 2 N–H and O–H groups in total.